The highest BCUT2D eigenvalue weighted by Crippen LogP contribution is 2.18. The van der Waals surface area contributed by atoms with Gasteiger partial charge >= 0.3 is 0 Å². The molecular formula is C13H16N4O. The highest BCUT2D eigenvalue weighted by Gasteiger charge is 2.02. The summed E-state index contributed by atoms with van der Waals surface area (Å²) in [6, 6.07) is 7.63. The number of hydrogen-bond donors (Lipinski definition) is 3. The maximum atomic E-state index is 11.5. The molecule has 0 spiro atoms. The molecule has 94 valence electrons. The summed E-state index contributed by atoms with van der Waals surface area (Å²) in [7, 11) is 0. The Morgan fingerprint density at radius 1 is 1.33 bits per heavy atom. The Balaban J connectivity index is 1.98. The van der Waals surface area contributed by atoms with Gasteiger partial charge in [0.25, 0.3) is 0 Å². The van der Waals surface area contributed by atoms with Crippen LogP contribution in [0.15, 0.2) is 36.8 Å². The largest absolute Gasteiger partial charge is 0.345 e. The van der Waals surface area contributed by atoms with Crippen molar-refractivity contribution in [2.75, 3.05) is 18.4 Å². The SMILES string of the molecule is CCNCC(=O)Nc1ccc(-c2cnc[nH]2)cc1. The van der Waals surface area contributed by atoms with E-state index in [1.165, 1.54) is 0 Å². The van der Waals surface area contributed by atoms with Gasteiger partial charge in [-0.3, -0.25) is 4.79 Å². The van der Waals surface area contributed by atoms with Gasteiger partial charge in [0, 0.05) is 5.69 Å². The molecule has 1 heterocycles. The predicted molar refractivity (Wildman–Crippen MR) is 71.2 cm³/mol. The van der Waals surface area contributed by atoms with Crippen LogP contribution >= 0.6 is 0 Å². The summed E-state index contributed by atoms with van der Waals surface area (Å²) in [6.07, 6.45) is 3.40. The second kappa shape index (κ2) is 5.97. The molecule has 0 saturated heterocycles. The van der Waals surface area contributed by atoms with E-state index in [0.717, 1.165) is 23.5 Å². The zero-order valence-electron chi connectivity index (χ0n) is 10.2. The van der Waals surface area contributed by atoms with Gasteiger partial charge in [-0.25, -0.2) is 4.98 Å². The minimum absolute atomic E-state index is 0.0360. The van der Waals surface area contributed by atoms with E-state index in [2.05, 4.69) is 20.6 Å². The Morgan fingerprint density at radius 3 is 2.72 bits per heavy atom. The molecule has 0 aliphatic heterocycles. The predicted octanol–water partition coefficient (Wildman–Crippen LogP) is 1.62. The molecule has 2 rings (SSSR count). The van der Waals surface area contributed by atoms with Crippen molar-refractivity contribution in [3.05, 3.63) is 36.8 Å². The van der Waals surface area contributed by atoms with Crippen LogP contribution in [0, 0.1) is 0 Å². The van der Waals surface area contributed by atoms with Crippen LogP contribution < -0.4 is 10.6 Å². The van der Waals surface area contributed by atoms with E-state index >= 15 is 0 Å². The number of nitrogens with one attached hydrogen (secondary N) is 3. The first-order valence-electron chi connectivity index (χ1n) is 5.89. The number of amides is 1. The fraction of sp³-hybridized carbons (Fsp3) is 0.231. The van der Waals surface area contributed by atoms with Crippen molar-refractivity contribution >= 4 is 11.6 Å². The molecular weight excluding hydrogens is 228 g/mol. The Bertz CT molecular complexity index is 490. The maximum Gasteiger partial charge on any atom is 0.238 e. The summed E-state index contributed by atoms with van der Waals surface area (Å²) < 4.78 is 0. The lowest BCUT2D eigenvalue weighted by Gasteiger charge is -2.06. The van der Waals surface area contributed by atoms with Crippen LogP contribution in [0.25, 0.3) is 11.3 Å². The molecule has 5 heteroatoms. The smallest absolute Gasteiger partial charge is 0.238 e. The monoisotopic (exact) mass is 244 g/mol. The van der Waals surface area contributed by atoms with Gasteiger partial charge in [-0.1, -0.05) is 19.1 Å². The van der Waals surface area contributed by atoms with Gasteiger partial charge in [0.05, 0.1) is 24.8 Å². The van der Waals surface area contributed by atoms with Crippen molar-refractivity contribution in [1.29, 1.82) is 0 Å². The van der Waals surface area contributed by atoms with Crippen molar-refractivity contribution in [2.24, 2.45) is 0 Å². The van der Waals surface area contributed by atoms with Crippen molar-refractivity contribution in [1.82, 2.24) is 15.3 Å². The number of hydrogen-bond acceptors (Lipinski definition) is 3. The quantitative estimate of drug-likeness (QED) is 0.748. The third kappa shape index (κ3) is 3.18. The molecule has 0 bridgehead atoms. The summed E-state index contributed by atoms with van der Waals surface area (Å²) >= 11 is 0. The lowest BCUT2D eigenvalue weighted by Crippen LogP contribution is -2.27. The summed E-state index contributed by atoms with van der Waals surface area (Å²) in [5, 5.41) is 5.80. The second-order valence-corrected chi connectivity index (χ2v) is 3.87. The fourth-order valence-corrected chi connectivity index (χ4v) is 1.59. The van der Waals surface area contributed by atoms with Crippen molar-refractivity contribution in [3.63, 3.8) is 0 Å². The average Bonchev–Trinajstić information content (AvgIpc) is 2.91. The Morgan fingerprint density at radius 2 is 2.11 bits per heavy atom. The van der Waals surface area contributed by atoms with Gasteiger partial charge in [0.15, 0.2) is 0 Å². The molecule has 5 nitrogen and oxygen atoms in total. The van der Waals surface area contributed by atoms with Crippen LogP contribution in [-0.4, -0.2) is 29.0 Å². The molecule has 0 aliphatic rings. The second-order valence-electron chi connectivity index (χ2n) is 3.87. The van der Waals surface area contributed by atoms with Crippen molar-refractivity contribution < 1.29 is 4.79 Å². The number of imidazole rings is 1. The highest BCUT2D eigenvalue weighted by molar-refractivity contribution is 5.92. The number of H-pyrrole nitrogens is 1. The molecule has 0 saturated carbocycles. The minimum Gasteiger partial charge on any atom is -0.345 e. The fourth-order valence-electron chi connectivity index (χ4n) is 1.59. The molecule has 0 radical (unpaired) electrons. The van der Waals surface area contributed by atoms with E-state index in [9.17, 15) is 4.79 Å². The number of benzene rings is 1. The molecule has 0 fully saturated rings. The van der Waals surface area contributed by atoms with Crippen LogP contribution in [-0.2, 0) is 4.79 Å². The van der Waals surface area contributed by atoms with Crippen LogP contribution in [0.3, 0.4) is 0 Å². The van der Waals surface area contributed by atoms with Gasteiger partial charge in [-0.15, -0.1) is 0 Å². The summed E-state index contributed by atoms with van der Waals surface area (Å²) in [5.74, 6) is -0.0360. The van der Waals surface area contributed by atoms with Crippen LogP contribution in [0.1, 0.15) is 6.92 Å². The normalized spacial score (nSPS) is 10.3. The zero-order valence-corrected chi connectivity index (χ0v) is 10.2. The lowest BCUT2D eigenvalue weighted by molar-refractivity contribution is -0.115. The molecule has 1 aromatic carbocycles. The van der Waals surface area contributed by atoms with Gasteiger partial charge in [-0.05, 0) is 24.2 Å². The number of aromatic nitrogens is 2. The molecule has 1 amide bonds. The van der Waals surface area contributed by atoms with Crippen molar-refractivity contribution in [2.45, 2.75) is 6.92 Å². The zero-order chi connectivity index (χ0) is 12.8. The highest BCUT2D eigenvalue weighted by atomic mass is 16.1. The molecule has 0 unspecified atom stereocenters. The number of aromatic amines is 1. The van der Waals surface area contributed by atoms with Gasteiger partial charge in [-0.2, -0.15) is 0 Å². The molecule has 0 atom stereocenters. The van der Waals surface area contributed by atoms with Gasteiger partial charge in [0.1, 0.15) is 0 Å². The van der Waals surface area contributed by atoms with E-state index in [1.807, 2.05) is 31.2 Å². The first-order chi connectivity index (χ1) is 8.79. The topological polar surface area (TPSA) is 69.8 Å². The van der Waals surface area contributed by atoms with E-state index in [4.69, 9.17) is 0 Å². The summed E-state index contributed by atoms with van der Waals surface area (Å²) in [5.41, 5.74) is 2.79. The van der Waals surface area contributed by atoms with Crippen LogP contribution in [0.2, 0.25) is 0 Å². The molecule has 3 N–H and O–H groups in total. The number of nitrogens with zero attached hydrogens (tertiary/aromatic N) is 1. The Kier molecular flexibility index (Phi) is 4.09. The number of carbonyl (C=O) groups is 1. The summed E-state index contributed by atoms with van der Waals surface area (Å²) in [4.78, 5) is 18.5. The molecule has 2 aromatic rings. The van der Waals surface area contributed by atoms with Gasteiger partial charge in [0.2, 0.25) is 5.91 Å². The molecule has 0 aliphatic carbocycles. The lowest BCUT2D eigenvalue weighted by atomic mass is 10.1. The van der Waals surface area contributed by atoms with E-state index < -0.39 is 0 Å². The number of anilines is 1. The van der Waals surface area contributed by atoms with Gasteiger partial charge < -0.3 is 15.6 Å². The van der Waals surface area contributed by atoms with E-state index in [1.54, 1.807) is 12.5 Å². The summed E-state index contributed by atoms with van der Waals surface area (Å²) in [6.45, 7) is 3.08. The third-order valence-electron chi connectivity index (χ3n) is 2.51. The molecule has 1 aromatic heterocycles. The first-order valence-corrected chi connectivity index (χ1v) is 5.89. The van der Waals surface area contributed by atoms with E-state index in [0.29, 0.717) is 6.54 Å². The van der Waals surface area contributed by atoms with E-state index in [-0.39, 0.29) is 5.91 Å². The number of likely N-dealkylation sites (N-methyl/N-ethyl adjacent to an activating group) is 1. The minimum atomic E-state index is -0.0360. The number of rotatable bonds is 5. The Hall–Kier alpha value is -2.14. The standard InChI is InChI=1S/C13H16N4O/c1-2-14-8-13(18)17-11-5-3-10(4-6-11)12-7-15-9-16-12/h3-7,9,14H,2,8H2,1H3,(H,15,16)(H,17,18). The number of carbonyl (C=O) groups excluding carboxylic acids is 1. The third-order valence-corrected chi connectivity index (χ3v) is 2.51. The Labute approximate surface area is 106 Å². The van der Waals surface area contributed by atoms with Crippen LogP contribution in [0.4, 0.5) is 5.69 Å². The van der Waals surface area contributed by atoms with Crippen LogP contribution in [0.5, 0.6) is 0 Å². The average molecular weight is 244 g/mol. The first kappa shape index (κ1) is 12.3. The maximum absolute atomic E-state index is 11.5. The molecule has 18 heavy (non-hydrogen) atoms. The van der Waals surface area contributed by atoms with Crippen molar-refractivity contribution in [3.8, 4) is 11.3 Å².